The van der Waals surface area contributed by atoms with Gasteiger partial charge in [-0.25, -0.2) is 4.98 Å². The number of halogens is 3. The second-order valence-corrected chi connectivity index (χ2v) is 6.20. The van der Waals surface area contributed by atoms with Crippen molar-refractivity contribution < 1.29 is 18.0 Å². The molecule has 1 aliphatic rings. The van der Waals surface area contributed by atoms with Gasteiger partial charge in [0.15, 0.2) is 11.6 Å². The lowest BCUT2D eigenvalue weighted by atomic mass is 10.3. The molecule has 1 fully saturated rings. The van der Waals surface area contributed by atoms with Crippen LogP contribution in [0.2, 0.25) is 0 Å². The molecule has 11 heteroatoms. The van der Waals surface area contributed by atoms with Crippen molar-refractivity contribution >= 4 is 28.9 Å². The molecule has 0 radical (unpaired) electrons. The number of carbonyl (C=O) groups is 1. The summed E-state index contributed by atoms with van der Waals surface area (Å²) in [5.74, 6) is 0.486. The number of nitrogens with zero attached hydrogens (tertiary/aromatic N) is 5. The van der Waals surface area contributed by atoms with E-state index in [9.17, 15) is 18.0 Å². The second-order valence-electron chi connectivity index (χ2n) is 5.48. The highest BCUT2D eigenvalue weighted by Gasteiger charge is 2.32. The molecule has 1 N–H and O–H groups in total. The number of rotatable bonds is 4. The van der Waals surface area contributed by atoms with Gasteiger partial charge in [-0.05, 0) is 12.1 Å². The molecule has 0 saturated carbocycles. The summed E-state index contributed by atoms with van der Waals surface area (Å²) in [6.45, 7) is 0.603. The van der Waals surface area contributed by atoms with Crippen LogP contribution >= 0.6 is 11.3 Å². The molecule has 1 saturated heterocycles. The third-order valence-electron chi connectivity index (χ3n) is 3.66. The number of anilines is 2. The zero-order valence-corrected chi connectivity index (χ0v) is 13.8. The number of nitrogens with one attached hydrogen (secondary N) is 1. The van der Waals surface area contributed by atoms with Crippen LogP contribution in [-0.2, 0) is 0 Å². The van der Waals surface area contributed by atoms with E-state index in [1.807, 2.05) is 4.90 Å². The number of alkyl halides is 3. The first-order valence-corrected chi connectivity index (χ1v) is 8.42. The summed E-state index contributed by atoms with van der Waals surface area (Å²) in [6.07, 6.45) is -4.18. The number of hydrogen-bond donors (Lipinski definition) is 1. The van der Waals surface area contributed by atoms with E-state index in [0.717, 1.165) is 0 Å². The molecule has 2 aromatic rings. The lowest BCUT2D eigenvalue weighted by Crippen LogP contribution is -2.49. The number of hydrogen-bond acceptors (Lipinski definition) is 7. The van der Waals surface area contributed by atoms with E-state index in [0.29, 0.717) is 37.7 Å². The summed E-state index contributed by atoms with van der Waals surface area (Å²) in [6, 6.07) is 3.29. The second kappa shape index (κ2) is 7.31. The highest BCUT2D eigenvalue weighted by atomic mass is 32.1. The SMILES string of the molecule is O=C(Nc1ccc(N2CCN(CC(F)(F)F)CC2)nn1)c1cscn1. The molecule has 0 bridgehead atoms. The van der Waals surface area contributed by atoms with Gasteiger partial charge in [-0.1, -0.05) is 0 Å². The molecule has 1 aliphatic heterocycles. The maximum atomic E-state index is 12.4. The van der Waals surface area contributed by atoms with E-state index in [-0.39, 0.29) is 11.7 Å². The molecule has 0 aliphatic carbocycles. The Labute approximate surface area is 145 Å². The molecule has 0 aromatic carbocycles. The van der Waals surface area contributed by atoms with Gasteiger partial charge in [-0.15, -0.1) is 21.5 Å². The van der Waals surface area contributed by atoms with Gasteiger partial charge < -0.3 is 10.2 Å². The molecule has 0 atom stereocenters. The average molecular weight is 372 g/mol. The van der Waals surface area contributed by atoms with E-state index < -0.39 is 12.7 Å². The van der Waals surface area contributed by atoms with E-state index in [1.54, 1.807) is 23.0 Å². The first-order valence-electron chi connectivity index (χ1n) is 7.48. The summed E-state index contributed by atoms with van der Waals surface area (Å²) in [5, 5.41) is 12.2. The number of piperazine rings is 1. The zero-order valence-electron chi connectivity index (χ0n) is 13.0. The first kappa shape index (κ1) is 17.5. The molecule has 7 nitrogen and oxygen atoms in total. The van der Waals surface area contributed by atoms with Crippen molar-refractivity contribution in [2.45, 2.75) is 6.18 Å². The molecule has 134 valence electrons. The quantitative estimate of drug-likeness (QED) is 0.883. The Morgan fingerprint density at radius 1 is 1.20 bits per heavy atom. The molecule has 2 aromatic heterocycles. The van der Waals surface area contributed by atoms with Crippen molar-refractivity contribution in [3.05, 3.63) is 28.7 Å². The highest BCUT2D eigenvalue weighted by Crippen LogP contribution is 2.19. The summed E-state index contributed by atoms with van der Waals surface area (Å²) in [7, 11) is 0. The van der Waals surface area contributed by atoms with Crippen LogP contribution in [0, 0.1) is 0 Å². The summed E-state index contributed by atoms with van der Waals surface area (Å²) < 4.78 is 37.2. The van der Waals surface area contributed by atoms with Crippen molar-refractivity contribution in [2.75, 3.05) is 42.9 Å². The number of amides is 1. The average Bonchev–Trinajstić information content (AvgIpc) is 3.09. The number of aromatic nitrogens is 3. The molecule has 0 spiro atoms. The van der Waals surface area contributed by atoms with Gasteiger partial charge in [0.1, 0.15) is 5.69 Å². The maximum absolute atomic E-state index is 12.4. The van der Waals surface area contributed by atoms with Crippen molar-refractivity contribution in [3.8, 4) is 0 Å². The Morgan fingerprint density at radius 3 is 2.52 bits per heavy atom. The molecular formula is C14H15F3N6OS. The molecule has 1 amide bonds. The van der Waals surface area contributed by atoms with Gasteiger partial charge in [0.2, 0.25) is 0 Å². The van der Waals surface area contributed by atoms with Crippen LogP contribution in [0.15, 0.2) is 23.0 Å². The minimum atomic E-state index is -4.18. The molecule has 0 unspecified atom stereocenters. The number of carbonyl (C=O) groups excluding carboxylic acids is 1. The Kier molecular flexibility index (Phi) is 5.13. The Hall–Kier alpha value is -2.27. The summed E-state index contributed by atoms with van der Waals surface area (Å²) >= 11 is 1.31. The van der Waals surface area contributed by atoms with Crippen LogP contribution in [0.5, 0.6) is 0 Å². The molecule has 25 heavy (non-hydrogen) atoms. The third kappa shape index (κ3) is 4.86. The van der Waals surface area contributed by atoms with Gasteiger partial charge in [-0.3, -0.25) is 9.69 Å². The van der Waals surface area contributed by atoms with Crippen LogP contribution in [-0.4, -0.2) is 64.9 Å². The lowest BCUT2D eigenvalue weighted by Gasteiger charge is -2.35. The van der Waals surface area contributed by atoms with E-state index >= 15 is 0 Å². The smallest absolute Gasteiger partial charge is 0.353 e. The van der Waals surface area contributed by atoms with Crippen molar-refractivity contribution in [2.24, 2.45) is 0 Å². The predicted molar refractivity (Wildman–Crippen MR) is 86.8 cm³/mol. The topological polar surface area (TPSA) is 74.2 Å². The first-order chi connectivity index (χ1) is 11.9. The fraction of sp³-hybridized carbons (Fsp3) is 0.429. The van der Waals surface area contributed by atoms with Crippen molar-refractivity contribution in [1.82, 2.24) is 20.1 Å². The summed E-state index contributed by atoms with van der Waals surface area (Å²) in [4.78, 5) is 19.0. The van der Waals surface area contributed by atoms with E-state index in [2.05, 4.69) is 20.5 Å². The van der Waals surface area contributed by atoms with Gasteiger partial charge >= 0.3 is 6.18 Å². The normalized spacial score (nSPS) is 16.0. The van der Waals surface area contributed by atoms with Gasteiger partial charge in [0.25, 0.3) is 5.91 Å². The van der Waals surface area contributed by atoms with Gasteiger partial charge in [-0.2, -0.15) is 13.2 Å². The lowest BCUT2D eigenvalue weighted by molar-refractivity contribution is -0.146. The molecule has 3 heterocycles. The standard InChI is InChI=1S/C14H15F3N6OS/c15-14(16,17)8-22-3-5-23(6-4-22)12-2-1-11(20-21-12)19-13(24)10-7-25-9-18-10/h1-2,7,9H,3-6,8H2,(H,19,20,24). The van der Waals surface area contributed by atoms with Crippen molar-refractivity contribution in [1.29, 1.82) is 0 Å². The monoisotopic (exact) mass is 372 g/mol. The van der Waals surface area contributed by atoms with Crippen LogP contribution in [0.1, 0.15) is 10.5 Å². The van der Waals surface area contributed by atoms with Gasteiger partial charge in [0.05, 0.1) is 12.1 Å². The Balaban J connectivity index is 1.54. The fourth-order valence-corrected chi connectivity index (χ4v) is 2.99. The van der Waals surface area contributed by atoms with Crippen LogP contribution < -0.4 is 10.2 Å². The van der Waals surface area contributed by atoms with Crippen LogP contribution in [0.25, 0.3) is 0 Å². The van der Waals surface area contributed by atoms with E-state index in [1.165, 1.54) is 16.2 Å². The minimum Gasteiger partial charge on any atom is -0.353 e. The maximum Gasteiger partial charge on any atom is 0.401 e. The molecular weight excluding hydrogens is 357 g/mol. The Morgan fingerprint density at radius 2 is 1.96 bits per heavy atom. The fourth-order valence-electron chi connectivity index (χ4n) is 2.45. The largest absolute Gasteiger partial charge is 0.401 e. The van der Waals surface area contributed by atoms with Gasteiger partial charge in [0, 0.05) is 31.6 Å². The minimum absolute atomic E-state index is 0.289. The van der Waals surface area contributed by atoms with Crippen molar-refractivity contribution in [3.63, 3.8) is 0 Å². The zero-order chi connectivity index (χ0) is 17.9. The van der Waals surface area contributed by atoms with Crippen LogP contribution in [0.3, 0.4) is 0 Å². The van der Waals surface area contributed by atoms with E-state index in [4.69, 9.17) is 0 Å². The highest BCUT2D eigenvalue weighted by molar-refractivity contribution is 7.07. The number of thiazole rings is 1. The summed E-state index contributed by atoms with van der Waals surface area (Å²) in [5.41, 5.74) is 1.86. The predicted octanol–water partition coefficient (Wildman–Crippen LogP) is 1.87. The van der Waals surface area contributed by atoms with Crippen LogP contribution in [0.4, 0.5) is 24.8 Å². The third-order valence-corrected chi connectivity index (χ3v) is 4.24. The Bertz CT molecular complexity index is 698. The molecule has 3 rings (SSSR count).